The fourth-order valence-corrected chi connectivity index (χ4v) is 8.68. The molecule has 2 aliphatic carbocycles. The molecule has 7 rings (SSSR count). The average Bonchev–Trinajstić information content (AvgIpc) is 3.61. The van der Waals surface area contributed by atoms with Gasteiger partial charge < -0.3 is 29.9 Å². The number of phenolic OH excluding ortho intramolecular Hbond substituents is 2. The van der Waals surface area contributed by atoms with Crippen LogP contribution in [-0.2, 0) is 13.1 Å². The maximum absolute atomic E-state index is 13.4. The number of halogens is 1. The number of amides is 2. The normalized spacial score (nSPS) is 23.1. The molecule has 0 spiro atoms. The van der Waals surface area contributed by atoms with Gasteiger partial charge in [0.15, 0.2) is 0 Å². The van der Waals surface area contributed by atoms with Crippen LogP contribution in [0.4, 0.5) is 4.39 Å². The van der Waals surface area contributed by atoms with E-state index >= 15 is 0 Å². The lowest BCUT2D eigenvalue weighted by atomic mass is 9.78. The number of phenols is 2. The summed E-state index contributed by atoms with van der Waals surface area (Å²) in [5, 5.41) is 29.1. The molecule has 2 aliphatic heterocycles. The third-order valence-electron chi connectivity index (χ3n) is 11.7. The van der Waals surface area contributed by atoms with Crippen molar-refractivity contribution in [2.75, 3.05) is 13.1 Å². The second-order valence-corrected chi connectivity index (χ2v) is 15.1. The zero-order chi connectivity index (χ0) is 36.1. The lowest BCUT2D eigenvalue weighted by Gasteiger charge is -2.35. The first-order valence-electron chi connectivity index (χ1n) is 18.9. The Bertz CT molecular complexity index is 1670. The summed E-state index contributed by atoms with van der Waals surface area (Å²) in [6.45, 7) is 7.00. The summed E-state index contributed by atoms with van der Waals surface area (Å²) >= 11 is 0. The number of aliphatic hydroxyl groups is 1. The molecule has 2 amide bonds. The van der Waals surface area contributed by atoms with Crippen molar-refractivity contribution in [1.29, 1.82) is 0 Å². The summed E-state index contributed by atoms with van der Waals surface area (Å²) in [6, 6.07) is 16.5. The van der Waals surface area contributed by atoms with Gasteiger partial charge in [0.25, 0.3) is 11.8 Å². The van der Waals surface area contributed by atoms with Gasteiger partial charge in [0.1, 0.15) is 29.2 Å². The molecule has 290 valence electrons. The fraction of sp³-hybridized carbons (Fsp3) is 0.545. The minimum absolute atomic E-state index is 0. The van der Waals surface area contributed by atoms with E-state index in [0.717, 1.165) is 88.4 Å². The highest BCUT2D eigenvalue weighted by molar-refractivity contribution is 5.99. The number of carbonyl (C=O) groups is 2. The van der Waals surface area contributed by atoms with Crippen LogP contribution in [0.5, 0.6) is 17.2 Å². The molecule has 3 aromatic carbocycles. The number of fused-ring (bicyclic) bond motifs is 2. The summed E-state index contributed by atoms with van der Waals surface area (Å²) in [4.78, 5) is 28.9. The van der Waals surface area contributed by atoms with Crippen molar-refractivity contribution in [2.24, 2.45) is 23.7 Å². The zero-order valence-electron chi connectivity index (χ0n) is 30.0. The molecule has 0 radical (unpaired) electrons. The van der Waals surface area contributed by atoms with Gasteiger partial charge in [-0.15, -0.1) is 0 Å². The van der Waals surface area contributed by atoms with Crippen molar-refractivity contribution in [3.05, 3.63) is 88.7 Å². The van der Waals surface area contributed by atoms with Gasteiger partial charge in [-0.05, 0) is 135 Å². The predicted molar refractivity (Wildman–Crippen MR) is 207 cm³/mol. The maximum Gasteiger partial charge on any atom is 0.254 e. The molecule has 0 aromatic heterocycles. The predicted octanol–water partition coefficient (Wildman–Crippen LogP) is 9.35. The highest BCUT2D eigenvalue weighted by atomic mass is 19.1. The molecular weight excluding hydrogens is 671 g/mol. The molecular formula is C44H61FN2O6. The third-order valence-corrected chi connectivity index (χ3v) is 11.7. The van der Waals surface area contributed by atoms with Crippen LogP contribution < -0.4 is 4.74 Å². The number of aromatic hydroxyl groups is 2. The number of nitrogens with zero attached hydrogens (tertiary/aromatic N) is 2. The van der Waals surface area contributed by atoms with E-state index in [4.69, 9.17) is 4.74 Å². The van der Waals surface area contributed by atoms with E-state index in [1.54, 1.807) is 30.3 Å². The molecule has 8 nitrogen and oxygen atoms in total. The van der Waals surface area contributed by atoms with Crippen molar-refractivity contribution >= 4 is 11.8 Å². The van der Waals surface area contributed by atoms with Crippen molar-refractivity contribution in [1.82, 2.24) is 9.80 Å². The Morgan fingerprint density at radius 3 is 1.64 bits per heavy atom. The fourth-order valence-electron chi connectivity index (χ4n) is 8.68. The Balaban J connectivity index is 0.000000236. The lowest BCUT2D eigenvalue weighted by Crippen LogP contribution is -2.35. The Labute approximate surface area is 316 Å². The van der Waals surface area contributed by atoms with E-state index in [9.17, 15) is 29.3 Å². The summed E-state index contributed by atoms with van der Waals surface area (Å²) in [5.41, 5.74) is 3.29. The molecule has 2 fully saturated rings. The molecule has 3 aromatic rings. The van der Waals surface area contributed by atoms with Gasteiger partial charge in [-0.1, -0.05) is 46.9 Å². The molecule has 4 aliphatic rings. The Morgan fingerprint density at radius 2 is 1.19 bits per heavy atom. The van der Waals surface area contributed by atoms with Gasteiger partial charge in [-0.25, -0.2) is 4.39 Å². The average molecular weight is 733 g/mol. The van der Waals surface area contributed by atoms with Crippen molar-refractivity contribution in [3.63, 3.8) is 0 Å². The molecule has 2 atom stereocenters. The van der Waals surface area contributed by atoms with Crippen LogP contribution in [0.15, 0.2) is 60.7 Å². The number of aliphatic hydroxyl groups excluding tert-OH is 1. The summed E-state index contributed by atoms with van der Waals surface area (Å²) in [5.74, 6) is 2.62. The molecule has 9 heteroatoms. The summed E-state index contributed by atoms with van der Waals surface area (Å²) in [6.07, 6.45) is 10.2. The Hall–Kier alpha value is -4.11. The monoisotopic (exact) mass is 732 g/mol. The largest absolute Gasteiger partial charge is 0.508 e. The molecule has 2 unspecified atom stereocenters. The van der Waals surface area contributed by atoms with E-state index in [2.05, 4.69) is 6.92 Å². The topological polar surface area (TPSA) is 111 Å². The quantitative estimate of drug-likeness (QED) is 0.192. The standard InChI is InChI=1S/C24H28FNO3.C18H25NO3.2CH4/c1-2-23(29-21-5-3-4-19(25)12-21)17-8-6-16(7-9-17)14-26-15-18-10-11-20(27)13-22(18)24(26)28;1-2-17(21)13-5-3-12(4-6-13)10-19-11-14-7-8-15(20)9-16(14)18(19)22;;/h3-5,10-13,16-17,23,27H,2,6-9,14-15H2,1H3;7-9,12-13,17,20-21H,2-6,10-11H2,1H3;2*1H4. The first kappa shape index (κ1) is 41.6. The summed E-state index contributed by atoms with van der Waals surface area (Å²) in [7, 11) is 0. The maximum atomic E-state index is 13.4. The Morgan fingerprint density at radius 1 is 0.698 bits per heavy atom. The van der Waals surface area contributed by atoms with Crippen LogP contribution in [-0.4, -0.2) is 62.2 Å². The van der Waals surface area contributed by atoms with Gasteiger partial charge in [0.2, 0.25) is 0 Å². The minimum Gasteiger partial charge on any atom is -0.508 e. The van der Waals surface area contributed by atoms with Crippen LogP contribution in [0.2, 0.25) is 0 Å². The molecule has 0 saturated heterocycles. The van der Waals surface area contributed by atoms with Gasteiger partial charge >= 0.3 is 0 Å². The first-order chi connectivity index (χ1) is 24.6. The van der Waals surface area contributed by atoms with Gasteiger partial charge in [-0.3, -0.25) is 9.59 Å². The van der Waals surface area contributed by atoms with E-state index in [-0.39, 0.29) is 56.2 Å². The van der Waals surface area contributed by atoms with Gasteiger partial charge in [-0.2, -0.15) is 0 Å². The van der Waals surface area contributed by atoms with Gasteiger partial charge in [0.05, 0.1) is 6.10 Å². The van der Waals surface area contributed by atoms with Crippen molar-refractivity contribution in [3.8, 4) is 17.2 Å². The smallest absolute Gasteiger partial charge is 0.254 e. The van der Waals surface area contributed by atoms with Crippen LogP contribution in [0.3, 0.4) is 0 Å². The molecule has 3 N–H and O–H groups in total. The van der Waals surface area contributed by atoms with E-state index in [1.807, 2.05) is 34.9 Å². The number of carbonyl (C=O) groups excluding carboxylic acids is 2. The lowest BCUT2D eigenvalue weighted by molar-refractivity contribution is 0.0576. The van der Waals surface area contributed by atoms with Gasteiger partial charge in [0, 0.05) is 43.4 Å². The summed E-state index contributed by atoms with van der Waals surface area (Å²) < 4.78 is 19.5. The van der Waals surface area contributed by atoms with Crippen LogP contribution >= 0.6 is 0 Å². The highest BCUT2D eigenvalue weighted by Gasteiger charge is 2.34. The van der Waals surface area contributed by atoms with Crippen LogP contribution in [0.25, 0.3) is 0 Å². The zero-order valence-corrected chi connectivity index (χ0v) is 30.0. The van der Waals surface area contributed by atoms with E-state index in [0.29, 0.717) is 53.6 Å². The number of benzene rings is 3. The minimum atomic E-state index is -0.273. The number of hydrogen-bond donors (Lipinski definition) is 3. The first-order valence-corrected chi connectivity index (χ1v) is 18.9. The van der Waals surface area contributed by atoms with Crippen molar-refractivity contribution < 1.29 is 34.0 Å². The van der Waals surface area contributed by atoms with Crippen LogP contribution in [0, 0.1) is 29.5 Å². The second-order valence-electron chi connectivity index (χ2n) is 15.1. The van der Waals surface area contributed by atoms with Crippen molar-refractivity contribution in [2.45, 2.75) is 118 Å². The van der Waals surface area contributed by atoms with Crippen LogP contribution in [0.1, 0.15) is 125 Å². The van der Waals surface area contributed by atoms with E-state index < -0.39 is 0 Å². The SMILES string of the molecule is C.C.CCC(O)C1CCC(CN2Cc3ccc(O)cc3C2=O)CC1.CCC(Oc1cccc(F)c1)C1CCC(CN2Cc3ccc(O)cc3C2=O)CC1. The second kappa shape index (κ2) is 18.8. The number of rotatable bonds is 10. The number of ether oxygens (including phenoxy) is 1. The van der Waals surface area contributed by atoms with E-state index in [1.165, 1.54) is 12.1 Å². The molecule has 2 heterocycles. The molecule has 2 saturated carbocycles. The third kappa shape index (κ3) is 10.1. The molecule has 0 bridgehead atoms. The Kier molecular flexibility index (Phi) is 14.8. The molecule has 53 heavy (non-hydrogen) atoms. The number of hydrogen-bond acceptors (Lipinski definition) is 6. The highest BCUT2D eigenvalue weighted by Crippen LogP contribution is 2.37.